The fourth-order valence-corrected chi connectivity index (χ4v) is 1.80. The maximum Gasteiger partial charge on any atom is 0.248 e. The number of ketones is 2. The molecule has 0 amide bonds. The number of hydrogen-bond acceptors (Lipinski definition) is 2. The van der Waals surface area contributed by atoms with E-state index in [-0.39, 0.29) is 18.1 Å². The fourth-order valence-electron chi connectivity index (χ4n) is 1.80. The minimum Gasteiger partial charge on any atom is -0.288 e. The Bertz CT molecular complexity index is 576. The molecule has 0 atom stereocenters. The van der Waals surface area contributed by atoms with Crippen LogP contribution in [0.3, 0.4) is 0 Å². The van der Waals surface area contributed by atoms with E-state index in [4.69, 9.17) is 0 Å². The van der Waals surface area contributed by atoms with E-state index < -0.39 is 0 Å². The molecule has 0 aliphatic heterocycles. The maximum atomic E-state index is 12.1. The van der Waals surface area contributed by atoms with Crippen molar-refractivity contribution in [3.8, 4) is 0 Å². The first-order chi connectivity index (χ1) is 8.68. The molecule has 90 valence electrons. The molecule has 0 aliphatic rings. The van der Waals surface area contributed by atoms with Crippen LogP contribution in [0.15, 0.2) is 54.7 Å². The zero-order chi connectivity index (χ0) is 13.0. The molecule has 0 radical (unpaired) electrons. The van der Waals surface area contributed by atoms with E-state index in [2.05, 4.69) is 0 Å². The zero-order valence-corrected chi connectivity index (χ0v) is 10.2. The number of benzene rings is 1. The van der Waals surface area contributed by atoms with Crippen LogP contribution in [0.25, 0.3) is 0 Å². The Morgan fingerprint density at radius 1 is 1.00 bits per heavy atom. The maximum absolute atomic E-state index is 12.1. The summed E-state index contributed by atoms with van der Waals surface area (Å²) in [7, 11) is 0. The molecule has 0 N–H and O–H groups in total. The molecular weight excluding hydrogens is 226 g/mol. The van der Waals surface area contributed by atoms with Gasteiger partial charge in [0.15, 0.2) is 6.20 Å². The highest BCUT2D eigenvalue weighted by molar-refractivity contribution is 5.95. The lowest BCUT2D eigenvalue weighted by Crippen LogP contribution is -2.42. The molecule has 3 nitrogen and oxygen atoms in total. The number of nitrogens with zero attached hydrogens (tertiary/aromatic N) is 1. The van der Waals surface area contributed by atoms with Crippen LogP contribution in [-0.4, -0.2) is 11.6 Å². The van der Waals surface area contributed by atoms with Crippen LogP contribution in [0.1, 0.15) is 27.8 Å². The van der Waals surface area contributed by atoms with Crippen LogP contribution < -0.4 is 4.57 Å². The summed E-state index contributed by atoms with van der Waals surface area (Å²) in [6.45, 7) is 1.68. The van der Waals surface area contributed by atoms with Crippen molar-refractivity contribution in [1.82, 2.24) is 0 Å². The molecule has 1 aromatic heterocycles. The number of pyridine rings is 1. The molecule has 1 aromatic carbocycles. The Labute approximate surface area is 106 Å². The molecule has 18 heavy (non-hydrogen) atoms. The van der Waals surface area contributed by atoms with Gasteiger partial charge in [-0.3, -0.25) is 9.59 Å². The SMILES string of the molecule is CC(=O)c1cccc[n+]1CC(=O)c1ccccc1. The molecule has 0 unspecified atom stereocenters. The number of Topliss-reactive ketones (excluding diaryl/α,β-unsaturated/α-hetero) is 2. The summed E-state index contributed by atoms with van der Waals surface area (Å²) in [5.74, 6) is -0.0502. The Morgan fingerprint density at radius 3 is 2.33 bits per heavy atom. The van der Waals surface area contributed by atoms with Gasteiger partial charge in [-0.05, 0) is 6.07 Å². The van der Waals surface area contributed by atoms with E-state index in [1.807, 2.05) is 24.3 Å². The van der Waals surface area contributed by atoms with Gasteiger partial charge in [0.1, 0.15) is 0 Å². The predicted octanol–water partition coefficient (Wildman–Crippen LogP) is 2.06. The topological polar surface area (TPSA) is 38.0 Å². The van der Waals surface area contributed by atoms with Gasteiger partial charge in [-0.25, -0.2) is 0 Å². The van der Waals surface area contributed by atoms with Crippen LogP contribution in [-0.2, 0) is 6.54 Å². The Morgan fingerprint density at radius 2 is 1.67 bits per heavy atom. The second-order valence-corrected chi connectivity index (χ2v) is 4.06. The van der Waals surface area contributed by atoms with Crippen molar-refractivity contribution in [3.63, 3.8) is 0 Å². The number of carbonyl (C=O) groups excluding carboxylic acids is 2. The molecular formula is C15H14NO2+. The van der Waals surface area contributed by atoms with Gasteiger partial charge in [0, 0.05) is 24.6 Å². The smallest absolute Gasteiger partial charge is 0.248 e. The van der Waals surface area contributed by atoms with E-state index >= 15 is 0 Å². The molecule has 0 saturated carbocycles. The highest BCUT2D eigenvalue weighted by Gasteiger charge is 2.18. The number of carbonyl (C=O) groups is 2. The second kappa shape index (κ2) is 5.36. The summed E-state index contributed by atoms with van der Waals surface area (Å²) in [5.41, 5.74) is 1.20. The monoisotopic (exact) mass is 240 g/mol. The van der Waals surface area contributed by atoms with Crippen LogP contribution in [0.2, 0.25) is 0 Å². The Kier molecular flexibility index (Phi) is 3.63. The zero-order valence-electron chi connectivity index (χ0n) is 10.2. The summed E-state index contributed by atoms with van der Waals surface area (Å²) in [4.78, 5) is 23.5. The summed E-state index contributed by atoms with van der Waals surface area (Å²) >= 11 is 0. The van der Waals surface area contributed by atoms with Crippen molar-refractivity contribution in [2.45, 2.75) is 13.5 Å². The van der Waals surface area contributed by atoms with Gasteiger partial charge in [-0.15, -0.1) is 0 Å². The van der Waals surface area contributed by atoms with Crippen molar-refractivity contribution in [3.05, 3.63) is 66.0 Å². The lowest BCUT2D eigenvalue weighted by Gasteiger charge is -2.01. The van der Waals surface area contributed by atoms with Crippen molar-refractivity contribution in [1.29, 1.82) is 0 Å². The second-order valence-electron chi connectivity index (χ2n) is 4.06. The van der Waals surface area contributed by atoms with Gasteiger partial charge in [0.25, 0.3) is 0 Å². The average Bonchev–Trinajstić information content (AvgIpc) is 2.40. The van der Waals surface area contributed by atoms with E-state index in [0.717, 1.165) is 0 Å². The van der Waals surface area contributed by atoms with Crippen LogP contribution >= 0.6 is 0 Å². The summed E-state index contributed by atoms with van der Waals surface area (Å²) < 4.78 is 1.68. The first kappa shape index (κ1) is 12.2. The number of aromatic nitrogens is 1. The highest BCUT2D eigenvalue weighted by Crippen LogP contribution is 2.01. The van der Waals surface area contributed by atoms with Crippen molar-refractivity contribution >= 4 is 11.6 Å². The minimum absolute atomic E-state index is 0.00528. The summed E-state index contributed by atoms with van der Waals surface area (Å²) in [5, 5.41) is 0. The van der Waals surface area contributed by atoms with E-state index in [1.165, 1.54) is 6.92 Å². The molecule has 1 heterocycles. The molecule has 0 saturated heterocycles. The van der Waals surface area contributed by atoms with Gasteiger partial charge < -0.3 is 0 Å². The normalized spacial score (nSPS) is 10.1. The minimum atomic E-state index is -0.0449. The first-order valence-corrected chi connectivity index (χ1v) is 5.76. The first-order valence-electron chi connectivity index (χ1n) is 5.76. The van der Waals surface area contributed by atoms with Crippen LogP contribution in [0, 0.1) is 0 Å². The Hall–Kier alpha value is -2.29. The van der Waals surface area contributed by atoms with Crippen molar-refractivity contribution in [2.75, 3.05) is 0 Å². The average molecular weight is 240 g/mol. The summed E-state index contributed by atoms with van der Waals surface area (Å²) in [6, 6.07) is 14.4. The molecule has 0 bridgehead atoms. The summed E-state index contributed by atoms with van der Waals surface area (Å²) in [6.07, 6.45) is 1.75. The molecule has 0 fully saturated rings. The quantitative estimate of drug-likeness (QED) is 0.606. The standard InChI is InChI=1S/C15H14NO2/c1-12(17)14-9-5-6-10-16(14)11-15(18)13-7-3-2-4-8-13/h2-10H,11H2,1H3/q+1. The highest BCUT2D eigenvalue weighted by atomic mass is 16.1. The van der Waals surface area contributed by atoms with E-state index in [0.29, 0.717) is 11.3 Å². The van der Waals surface area contributed by atoms with Crippen LogP contribution in [0.5, 0.6) is 0 Å². The van der Waals surface area contributed by atoms with Gasteiger partial charge >= 0.3 is 0 Å². The van der Waals surface area contributed by atoms with E-state index in [1.54, 1.807) is 35.0 Å². The van der Waals surface area contributed by atoms with Crippen molar-refractivity contribution < 1.29 is 14.2 Å². The molecule has 2 aromatic rings. The largest absolute Gasteiger partial charge is 0.288 e. The number of hydrogen-bond donors (Lipinski definition) is 0. The van der Waals surface area contributed by atoms with Gasteiger partial charge in [-0.2, -0.15) is 4.57 Å². The van der Waals surface area contributed by atoms with Gasteiger partial charge in [0.05, 0.1) is 0 Å². The fraction of sp³-hybridized carbons (Fsp3) is 0.133. The van der Waals surface area contributed by atoms with Crippen LogP contribution in [0.4, 0.5) is 0 Å². The lowest BCUT2D eigenvalue weighted by atomic mass is 10.1. The van der Waals surface area contributed by atoms with E-state index in [9.17, 15) is 9.59 Å². The third kappa shape index (κ3) is 2.69. The van der Waals surface area contributed by atoms with Gasteiger partial charge in [0.2, 0.25) is 23.8 Å². The molecule has 0 spiro atoms. The molecule has 2 rings (SSSR count). The van der Waals surface area contributed by atoms with Crippen molar-refractivity contribution in [2.24, 2.45) is 0 Å². The molecule has 3 heteroatoms. The third-order valence-corrected chi connectivity index (χ3v) is 2.71. The third-order valence-electron chi connectivity index (χ3n) is 2.71. The molecule has 0 aliphatic carbocycles. The predicted molar refractivity (Wildman–Crippen MR) is 67.4 cm³/mol. The lowest BCUT2D eigenvalue weighted by molar-refractivity contribution is -0.685. The Balaban J connectivity index is 2.25. The van der Waals surface area contributed by atoms with Gasteiger partial charge in [-0.1, -0.05) is 30.3 Å². The number of rotatable bonds is 4.